The Kier molecular flexibility index (Phi) is 4.20. The van der Waals surface area contributed by atoms with Crippen LogP contribution in [0, 0.1) is 5.92 Å². The monoisotopic (exact) mass is 259 g/mol. The highest BCUT2D eigenvalue weighted by atomic mass is 16.2. The number of benzene rings is 1. The van der Waals surface area contributed by atoms with E-state index in [1.807, 2.05) is 36.1 Å². The van der Waals surface area contributed by atoms with Crippen LogP contribution >= 0.6 is 0 Å². The van der Waals surface area contributed by atoms with Crippen LogP contribution in [0.15, 0.2) is 24.3 Å². The Bertz CT molecular complexity index is 561. The Labute approximate surface area is 113 Å². The minimum Gasteiger partial charge on any atom is -0.337 e. The summed E-state index contributed by atoms with van der Waals surface area (Å²) in [6.07, 6.45) is 1.07. The molecule has 0 fully saturated rings. The maximum Gasteiger partial charge on any atom is 0.274 e. The lowest BCUT2D eigenvalue weighted by molar-refractivity contribution is 0.0737. The molecule has 102 valence electrons. The summed E-state index contributed by atoms with van der Waals surface area (Å²) in [6, 6.07) is 7.73. The molecule has 2 rings (SSSR count). The van der Waals surface area contributed by atoms with Crippen molar-refractivity contribution in [1.29, 1.82) is 0 Å². The van der Waals surface area contributed by atoms with Gasteiger partial charge < -0.3 is 4.90 Å². The molecule has 0 bridgehead atoms. The average molecular weight is 259 g/mol. The first-order chi connectivity index (χ1) is 9.17. The van der Waals surface area contributed by atoms with E-state index in [0.29, 0.717) is 18.2 Å². The summed E-state index contributed by atoms with van der Waals surface area (Å²) in [5.74, 6) is 0.523. The van der Waals surface area contributed by atoms with Gasteiger partial charge in [0.05, 0.1) is 5.52 Å². The fourth-order valence-electron chi connectivity index (χ4n) is 2.14. The maximum atomic E-state index is 12.5. The summed E-state index contributed by atoms with van der Waals surface area (Å²) >= 11 is 0. The highest BCUT2D eigenvalue weighted by Gasteiger charge is 2.20. The highest BCUT2D eigenvalue weighted by Crippen LogP contribution is 2.17. The largest absolute Gasteiger partial charge is 0.337 e. The van der Waals surface area contributed by atoms with Gasteiger partial charge in [-0.15, -0.1) is 0 Å². The summed E-state index contributed by atoms with van der Waals surface area (Å²) < 4.78 is 0. The SMILES string of the molecule is CCC(C)CN(CC)C(=O)c1n[nH]c2ccccc12. The van der Waals surface area contributed by atoms with Crippen molar-refractivity contribution in [3.63, 3.8) is 0 Å². The predicted molar refractivity (Wildman–Crippen MR) is 77.1 cm³/mol. The number of fused-ring (bicyclic) bond motifs is 1. The van der Waals surface area contributed by atoms with Gasteiger partial charge in [0.2, 0.25) is 0 Å². The molecule has 19 heavy (non-hydrogen) atoms. The first-order valence-electron chi connectivity index (χ1n) is 6.89. The number of amides is 1. The van der Waals surface area contributed by atoms with Crippen LogP contribution in [0.2, 0.25) is 0 Å². The number of rotatable bonds is 5. The van der Waals surface area contributed by atoms with E-state index in [0.717, 1.165) is 23.9 Å². The van der Waals surface area contributed by atoms with Crippen molar-refractivity contribution in [2.24, 2.45) is 5.92 Å². The van der Waals surface area contributed by atoms with Crippen LogP contribution in [-0.4, -0.2) is 34.1 Å². The fourth-order valence-corrected chi connectivity index (χ4v) is 2.14. The van der Waals surface area contributed by atoms with E-state index >= 15 is 0 Å². The van der Waals surface area contributed by atoms with Crippen molar-refractivity contribution in [1.82, 2.24) is 15.1 Å². The van der Waals surface area contributed by atoms with Gasteiger partial charge in [0.25, 0.3) is 5.91 Å². The number of carbonyl (C=O) groups is 1. The van der Waals surface area contributed by atoms with Gasteiger partial charge in [-0.05, 0) is 18.9 Å². The van der Waals surface area contributed by atoms with E-state index in [4.69, 9.17) is 0 Å². The van der Waals surface area contributed by atoms with E-state index in [1.165, 1.54) is 0 Å². The molecule has 1 heterocycles. The summed E-state index contributed by atoms with van der Waals surface area (Å²) in [5.41, 5.74) is 1.44. The summed E-state index contributed by atoms with van der Waals surface area (Å²) in [6.45, 7) is 7.82. The molecule has 0 aliphatic carbocycles. The van der Waals surface area contributed by atoms with Gasteiger partial charge in [0, 0.05) is 18.5 Å². The second-order valence-electron chi connectivity index (χ2n) is 4.98. The molecule has 0 saturated heterocycles. The van der Waals surface area contributed by atoms with Crippen molar-refractivity contribution in [2.75, 3.05) is 13.1 Å². The minimum atomic E-state index is 0.0141. The first kappa shape index (κ1) is 13.6. The van der Waals surface area contributed by atoms with Crippen molar-refractivity contribution in [2.45, 2.75) is 27.2 Å². The Hall–Kier alpha value is -1.84. The second-order valence-corrected chi connectivity index (χ2v) is 4.98. The number of hydrogen-bond donors (Lipinski definition) is 1. The molecule has 1 aromatic carbocycles. The van der Waals surface area contributed by atoms with Gasteiger partial charge in [0.1, 0.15) is 0 Å². The van der Waals surface area contributed by atoms with Gasteiger partial charge in [-0.25, -0.2) is 0 Å². The molecule has 1 atom stereocenters. The summed E-state index contributed by atoms with van der Waals surface area (Å²) in [7, 11) is 0. The van der Waals surface area contributed by atoms with Crippen LogP contribution in [-0.2, 0) is 0 Å². The number of H-pyrrole nitrogens is 1. The van der Waals surface area contributed by atoms with Gasteiger partial charge >= 0.3 is 0 Å². The molecule has 1 amide bonds. The highest BCUT2D eigenvalue weighted by molar-refractivity contribution is 6.04. The Morgan fingerprint density at radius 3 is 2.79 bits per heavy atom. The maximum absolute atomic E-state index is 12.5. The molecular formula is C15H21N3O. The molecular weight excluding hydrogens is 238 g/mol. The van der Waals surface area contributed by atoms with E-state index < -0.39 is 0 Å². The molecule has 1 aromatic heterocycles. The van der Waals surface area contributed by atoms with E-state index in [-0.39, 0.29) is 5.91 Å². The van der Waals surface area contributed by atoms with E-state index in [9.17, 15) is 4.79 Å². The van der Waals surface area contributed by atoms with Crippen molar-refractivity contribution >= 4 is 16.8 Å². The van der Waals surface area contributed by atoms with Crippen LogP contribution in [0.3, 0.4) is 0 Å². The Balaban J connectivity index is 2.26. The molecule has 1 unspecified atom stereocenters. The Morgan fingerprint density at radius 2 is 2.11 bits per heavy atom. The number of aromatic nitrogens is 2. The number of hydrogen-bond acceptors (Lipinski definition) is 2. The predicted octanol–water partition coefficient (Wildman–Crippen LogP) is 3.07. The Morgan fingerprint density at radius 1 is 1.37 bits per heavy atom. The molecule has 0 spiro atoms. The van der Waals surface area contributed by atoms with Crippen LogP contribution < -0.4 is 0 Å². The quantitative estimate of drug-likeness (QED) is 0.897. The minimum absolute atomic E-state index is 0.0141. The lowest BCUT2D eigenvalue weighted by Crippen LogP contribution is -2.34. The zero-order chi connectivity index (χ0) is 13.8. The van der Waals surface area contributed by atoms with Crippen LogP contribution in [0.25, 0.3) is 10.9 Å². The van der Waals surface area contributed by atoms with Gasteiger partial charge in [0.15, 0.2) is 5.69 Å². The smallest absolute Gasteiger partial charge is 0.274 e. The van der Waals surface area contributed by atoms with Crippen molar-refractivity contribution in [3.8, 4) is 0 Å². The molecule has 4 nitrogen and oxygen atoms in total. The van der Waals surface area contributed by atoms with E-state index in [2.05, 4.69) is 24.0 Å². The zero-order valence-electron chi connectivity index (χ0n) is 11.8. The topological polar surface area (TPSA) is 49.0 Å². The number of carbonyl (C=O) groups excluding carboxylic acids is 1. The number of para-hydroxylation sites is 1. The van der Waals surface area contributed by atoms with Gasteiger partial charge in [-0.2, -0.15) is 5.10 Å². The lowest BCUT2D eigenvalue weighted by atomic mass is 10.1. The summed E-state index contributed by atoms with van der Waals surface area (Å²) in [4.78, 5) is 14.4. The van der Waals surface area contributed by atoms with Gasteiger partial charge in [-0.3, -0.25) is 9.89 Å². The standard InChI is InChI=1S/C15H21N3O/c1-4-11(3)10-18(5-2)15(19)14-12-8-6-7-9-13(12)16-17-14/h6-9,11H,4-5,10H2,1-3H3,(H,16,17). The normalized spacial score (nSPS) is 12.6. The molecule has 2 aromatic rings. The average Bonchev–Trinajstić information content (AvgIpc) is 2.87. The first-order valence-corrected chi connectivity index (χ1v) is 6.89. The van der Waals surface area contributed by atoms with E-state index in [1.54, 1.807) is 0 Å². The molecule has 1 N–H and O–H groups in total. The summed E-state index contributed by atoms with van der Waals surface area (Å²) in [5, 5.41) is 8.00. The molecule has 0 saturated carbocycles. The number of aromatic amines is 1. The zero-order valence-corrected chi connectivity index (χ0v) is 11.8. The molecule has 0 radical (unpaired) electrons. The van der Waals surface area contributed by atoms with Crippen molar-refractivity contribution in [3.05, 3.63) is 30.0 Å². The second kappa shape index (κ2) is 5.87. The van der Waals surface area contributed by atoms with Crippen LogP contribution in [0.1, 0.15) is 37.7 Å². The molecule has 0 aliphatic heterocycles. The van der Waals surface area contributed by atoms with Gasteiger partial charge in [-0.1, -0.05) is 38.5 Å². The third-order valence-corrected chi connectivity index (χ3v) is 3.57. The third kappa shape index (κ3) is 2.78. The number of nitrogens with zero attached hydrogens (tertiary/aromatic N) is 2. The lowest BCUT2D eigenvalue weighted by Gasteiger charge is -2.23. The number of nitrogens with one attached hydrogen (secondary N) is 1. The molecule has 0 aliphatic rings. The molecule has 4 heteroatoms. The van der Waals surface area contributed by atoms with Crippen molar-refractivity contribution < 1.29 is 4.79 Å². The van der Waals surface area contributed by atoms with Crippen LogP contribution in [0.5, 0.6) is 0 Å². The fraction of sp³-hybridized carbons (Fsp3) is 0.467. The van der Waals surface area contributed by atoms with Crippen LogP contribution in [0.4, 0.5) is 0 Å². The third-order valence-electron chi connectivity index (χ3n) is 3.57.